The summed E-state index contributed by atoms with van der Waals surface area (Å²) in [5.74, 6) is -0.269. The van der Waals surface area contributed by atoms with E-state index in [1.165, 1.54) is 22.2 Å². The van der Waals surface area contributed by atoms with Crippen molar-refractivity contribution in [1.82, 2.24) is 9.80 Å². The van der Waals surface area contributed by atoms with Gasteiger partial charge in [0.05, 0.1) is 0 Å². The highest BCUT2D eigenvalue weighted by Crippen LogP contribution is 2.04. The Bertz CT molecular complexity index is 221. The molecule has 1 saturated heterocycles. The van der Waals surface area contributed by atoms with Crippen LogP contribution in [0.5, 0.6) is 0 Å². The lowest BCUT2D eigenvalue weighted by Crippen LogP contribution is -2.49. The van der Waals surface area contributed by atoms with E-state index >= 15 is 0 Å². The zero-order valence-corrected chi connectivity index (χ0v) is 6.69. The number of nitrogens with zero attached hydrogens (tertiary/aromatic N) is 2. The monoisotopic (exact) mass is 166 g/mol. The SMILES string of the molecule is C=CN1CC(=O)N(C=C)CC1=O. The molecular formula is C8H10N2O2. The molecular weight excluding hydrogens is 156 g/mol. The van der Waals surface area contributed by atoms with Gasteiger partial charge in [0.25, 0.3) is 0 Å². The van der Waals surface area contributed by atoms with Gasteiger partial charge in [0.1, 0.15) is 13.1 Å². The van der Waals surface area contributed by atoms with Crippen LogP contribution in [0.1, 0.15) is 0 Å². The molecule has 1 rings (SSSR count). The minimum Gasteiger partial charge on any atom is -0.309 e. The van der Waals surface area contributed by atoms with E-state index in [1.807, 2.05) is 0 Å². The third kappa shape index (κ3) is 1.37. The largest absolute Gasteiger partial charge is 0.309 e. The summed E-state index contributed by atoms with van der Waals surface area (Å²) in [6.45, 7) is 6.98. The van der Waals surface area contributed by atoms with Crippen LogP contribution >= 0.6 is 0 Å². The Balaban J connectivity index is 2.74. The highest BCUT2D eigenvalue weighted by Gasteiger charge is 2.26. The maximum atomic E-state index is 11.2. The van der Waals surface area contributed by atoms with Crippen molar-refractivity contribution in [2.24, 2.45) is 0 Å². The van der Waals surface area contributed by atoms with E-state index in [1.54, 1.807) is 0 Å². The molecule has 0 aromatic rings. The number of carbonyl (C=O) groups is 2. The molecule has 1 heterocycles. The highest BCUT2D eigenvalue weighted by atomic mass is 16.2. The van der Waals surface area contributed by atoms with Gasteiger partial charge in [-0.15, -0.1) is 0 Å². The van der Waals surface area contributed by atoms with Crippen LogP contribution < -0.4 is 0 Å². The van der Waals surface area contributed by atoms with Gasteiger partial charge in [-0.05, 0) is 0 Å². The third-order valence-corrected chi connectivity index (χ3v) is 1.69. The molecule has 0 spiro atoms. The number of piperazine rings is 1. The van der Waals surface area contributed by atoms with Crippen LogP contribution in [0.15, 0.2) is 25.6 Å². The molecule has 0 aliphatic carbocycles. The fraction of sp³-hybridized carbons (Fsp3) is 0.250. The summed E-state index contributed by atoms with van der Waals surface area (Å²) in [6.07, 6.45) is 2.72. The summed E-state index contributed by atoms with van der Waals surface area (Å²) in [5.41, 5.74) is 0. The minimum atomic E-state index is -0.135. The fourth-order valence-corrected chi connectivity index (χ4v) is 0.982. The zero-order valence-electron chi connectivity index (χ0n) is 6.69. The van der Waals surface area contributed by atoms with Crippen molar-refractivity contribution < 1.29 is 9.59 Å². The van der Waals surface area contributed by atoms with Crippen LogP contribution in [0.2, 0.25) is 0 Å². The number of amides is 2. The molecule has 0 bridgehead atoms. The summed E-state index contributed by atoms with van der Waals surface area (Å²) in [6, 6.07) is 0. The molecule has 0 radical (unpaired) electrons. The van der Waals surface area contributed by atoms with Gasteiger partial charge >= 0.3 is 0 Å². The van der Waals surface area contributed by atoms with E-state index in [0.717, 1.165) is 0 Å². The van der Waals surface area contributed by atoms with Crippen molar-refractivity contribution >= 4 is 11.8 Å². The Labute approximate surface area is 70.8 Å². The van der Waals surface area contributed by atoms with Gasteiger partial charge in [-0.3, -0.25) is 9.59 Å². The van der Waals surface area contributed by atoms with E-state index < -0.39 is 0 Å². The van der Waals surface area contributed by atoms with Crippen molar-refractivity contribution in [3.63, 3.8) is 0 Å². The van der Waals surface area contributed by atoms with Crippen LogP contribution in [-0.4, -0.2) is 34.7 Å². The molecule has 0 saturated carbocycles. The van der Waals surface area contributed by atoms with Crippen LogP contribution in [0, 0.1) is 0 Å². The second-order valence-corrected chi connectivity index (χ2v) is 2.41. The average molecular weight is 166 g/mol. The van der Waals surface area contributed by atoms with Gasteiger partial charge in [0.2, 0.25) is 11.8 Å². The van der Waals surface area contributed by atoms with Gasteiger partial charge < -0.3 is 9.80 Å². The molecule has 0 N–H and O–H groups in total. The number of hydrogen-bond donors (Lipinski definition) is 0. The molecule has 0 aromatic heterocycles. The lowest BCUT2D eigenvalue weighted by atomic mass is 10.3. The quantitative estimate of drug-likeness (QED) is 0.576. The number of carbonyl (C=O) groups excluding carboxylic acids is 2. The van der Waals surface area contributed by atoms with Gasteiger partial charge in [0.15, 0.2) is 0 Å². The smallest absolute Gasteiger partial charge is 0.247 e. The fourth-order valence-electron chi connectivity index (χ4n) is 0.982. The first-order valence-corrected chi connectivity index (χ1v) is 3.53. The van der Waals surface area contributed by atoms with Gasteiger partial charge in [0, 0.05) is 12.4 Å². The van der Waals surface area contributed by atoms with E-state index in [4.69, 9.17) is 0 Å². The molecule has 0 atom stereocenters. The first kappa shape index (κ1) is 8.52. The molecule has 64 valence electrons. The van der Waals surface area contributed by atoms with E-state index in [0.29, 0.717) is 0 Å². The Morgan fingerprint density at radius 2 is 1.33 bits per heavy atom. The van der Waals surface area contributed by atoms with Crippen LogP contribution in [0.25, 0.3) is 0 Å². The Morgan fingerprint density at radius 1 is 1.00 bits per heavy atom. The summed E-state index contributed by atoms with van der Waals surface area (Å²) < 4.78 is 0. The van der Waals surface area contributed by atoms with E-state index in [2.05, 4.69) is 13.2 Å². The molecule has 4 heteroatoms. The van der Waals surface area contributed by atoms with Crippen LogP contribution in [-0.2, 0) is 9.59 Å². The van der Waals surface area contributed by atoms with Crippen molar-refractivity contribution in [2.75, 3.05) is 13.1 Å². The topological polar surface area (TPSA) is 40.6 Å². The summed E-state index contributed by atoms with van der Waals surface area (Å²) in [5, 5.41) is 0. The molecule has 2 amide bonds. The standard InChI is InChI=1S/C8H10N2O2/c1-3-9-5-8(12)10(4-2)6-7(9)11/h3-4H,1-2,5-6H2. The highest BCUT2D eigenvalue weighted by molar-refractivity contribution is 5.93. The Kier molecular flexibility index (Phi) is 2.28. The van der Waals surface area contributed by atoms with Gasteiger partial charge in [-0.2, -0.15) is 0 Å². The van der Waals surface area contributed by atoms with E-state index in [9.17, 15) is 9.59 Å². The van der Waals surface area contributed by atoms with Crippen molar-refractivity contribution in [3.05, 3.63) is 25.6 Å². The molecule has 1 fully saturated rings. The van der Waals surface area contributed by atoms with Crippen molar-refractivity contribution in [1.29, 1.82) is 0 Å². The lowest BCUT2D eigenvalue weighted by molar-refractivity contribution is -0.145. The van der Waals surface area contributed by atoms with Gasteiger partial charge in [-0.25, -0.2) is 0 Å². The Morgan fingerprint density at radius 3 is 1.58 bits per heavy atom. The van der Waals surface area contributed by atoms with Crippen LogP contribution in [0.4, 0.5) is 0 Å². The second kappa shape index (κ2) is 3.21. The molecule has 0 unspecified atom stereocenters. The Hall–Kier alpha value is -1.58. The van der Waals surface area contributed by atoms with Crippen molar-refractivity contribution in [3.8, 4) is 0 Å². The molecule has 0 aromatic carbocycles. The average Bonchev–Trinajstić information content (AvgIpc) is 2.08. The predicted molar refractivity (Wildman–Crippen MR) is 43.8 cm³/mol. The van der Waals surface area contributed by atoms with E-state index in [-0.39, 0.29) is 24.9 Å². The number of rotatable bonds is 2. The molecule has 1 aliphatic heterocycles. The third-order valence-electron chi connectivity index (χ3n) is 1.69. The maximum absolute atomic E-state index is 11.2. The van der Waals surface area contributed by atoms with Crippen molar-refractivity contribution in [2.45, 2.75) is 0 Å². The zero-order chi connectivity index (χ0) is 9.14. The van der Waals surface area contributed by atoms with Gasteiger partial charge in [-0.1, -0.05) is 13.2 Å². The maximum Gasteiger partial charge on any atom is 0.247 e. The minimum absolute atomic E-state index is 0.0638. The summed E-state index contributed by atoms with van der Waals surface area (Å²) in [4.78, 5) is 24.9. The predicted octanol–water partition coefficient (Wildman–Crippen LogP) is -0.0558. The molecule has 12 heavy (non-hydrogen) atoms. The van der Waals surface area contributed by atoms with Crippen LogP contribution in [0.3, 0.4) is 0 Å². The molecule has 1 aliphatic rings. The normalized spacial score (nSPS) is 18.0. The number of hydrogen-bond acceptors (Lipinski definition) is 2. The molecule has 4 nitrogen and oxygen atoms in total. The second-order valence-electron chi connectivity index (χ2n) is 2.41. The lowest BCUT2D eigenvalue weighted by Gasteiger charge is -2.29. The summed E-state index contributed by atoms with van der Waals surface area (Å²) >= 11 is 0. The summed E-state index contributed by atoms with van der Waals surface area (Å²) in [7, 11) is 0. The first-order chi connectivity index (χ1) is 5.69. The first-order valence-electron chi connectivity index (χ1n) is 3.53.